The predicted octanol–water partition coefficient (Wildman–Crippen LogP) is 1.80. The van der Waals surface area contributed by atoms with Crippen molar-refractivity contribution in [3.05, 3.63) is 24.3 Å². The second-order valence-corrected chi connectivity index (χ2v) is 5.13. The highest BCUT2D eigenvalue weighted by molar-refractivity contribution is 5.31. The van der Waals surface area contributed by atoms with Crippen LogP contribution in [0.1, 0.15) is 38.5 Å². The number of terminal acetylenes is 1. The minimum atomic E-state index is -1.02. The van der Waals surface area contributed by atoms with Gasteiger partial charge in [0.2, 0.25) is 0 Å². The molecule has 26 heavy (non-hydrogen) atoms. The first-order valence-corrected chi connectivity index (χ1v) is 8.40. The Morgan fingerprint density at radius 2 is 1.65 bits per heavy atom. The van der Waals surface area contributed by atoms with Crippen LogP contribution in [0.4, 0.5) is 0 Å². The van der Waals surface area contributed by atoms with E-state index in [0.29, 0.717) is 25.7 Å². The smallest absolute Gasteiger partial charge is 0.138 e. The molecular formula is C23H24O3. The third-order valence-electron chi connectivity index (χ3n) is 2.88. The van der Waals surface area contributed by atoms with Gasteiger partial charge in [0.1, 0.15) is 6.10 Å². The van der Waals surface area contributed by atoms with Crippen LogP contribution in [0.25, 0.3) is 0 Å². The highest BCUT2D eigenvalue weighted by Crippen LogP contribution is 2.03. The summed E-state index contributed by atoms with van der Waals surface area (Å²) in [7, 11) is 0. The summed E-state index contributed by atoms with van der Waals surface area (Å²) in [5.74, 6) is 24.0. The van der Waals surface area contributed by atoms with Gasteiger partial charge in [-0.15, -0.1) is 6.42 Å². The molecule has 3 nitrogen and oxygen atoms in total. The Labute approximate surface area is 157 Å². The first-order valence-electron chi connectivity index (χ1n) is 8.40. The maximum Gasteiger partial charge on any atom is 0.138 e. The zero-order valence-corrected chi connectivity index (χ0v) is 14.8. The van der Waals surface area contributed by atoms with E-state index in [9.17, 15) is 5.11 Å². The molecule has 0 aromatic carbocycles. The minimum Gasteiger partial charge on any atom is -0.393 e. The molecule has 0 aliphatic rings. The molecule has 0 rings (SSSR count). The maximum absolute atomic E-state index is 9.65. The van der Waals surface area contributed by atoms with Crippen molar-refractivity contribution in [3.63, 3.8) is 0 Å². The van der Waals surface area contributed by atoms with Crippen LogP contribution >= 0.6 is 0 Å². The molecule has 0 aliphatic heterocycles. The summed E-state index contributed by atoms with van der Waals surface area (Å²) >= 11 is 0. The number of allylic oxidation sites excluding steroid dienone is 3. The van der Waals surface area contributed by atoms with Crippen LogP contribution in [0.5, 0.6) is 0 Å². The van der Waals surface area contributed by atoms with Gasteiger partial charge in [-0.25, -0.2) is 0 Å². The number of hydrogen-bond donors (Lipinski definition) is 3. The van der Waals surface area contributed by atoms with Gasteiger partial charge in [0.15, 0.2) is 0 Å². The lowest BCUT2D eigenvalue weighted by molar-refractivity contribution is 0.138. The Morgan fingerprint density at radius 1 is 0.923 bits per heavy atom. The Bertz CT molecular complexity index is 722. The highest BCUT2D eigenvalue weighted by atomic mass is 16.3. The first-order chi connectivity index (χ1) is 12.7. The Balaban J connectivity index is 3.80. The number of aliphatic hydroxyl groups excluding tert-OH is 3. The predicted molar refractivity (Wildman–Crippen MR) is 105 cm³/mol. The van der Waals surface area contributed by atoms with Crippen molar-refractivity contribution in [2.45, 2.75) is 50.7 Å². The second kappa shape index (κ2) is 18.5. The molecule has 2 atom stereocenters. The third-order valence-corrected chi connectivity index (χ3v) is 2.88. The van der Waals surface area contributed by atoms with E-state index in [1.807, 2.05) is 6.08 Å². The van der Waals surface area contributed by atoms with Gasteiger partial charge in [0, 0.05) is 12.8 Å². The van der Waals surface area contributed by atoms with E-state index in [1.165, 1.54) is 0 Å². The summed E-state index contributed by atoms with van der Waals surface area (Å²) in [6.07, 6.45) is 14.9. The number of rotatable bonds is 8. The van der Waals surface area contributed by atoms with Crippen molar-refractivity contribution in [3.8, 4) is 59.7 Å². The van der Waals surface area contributed by atoms with E-state index in [4.69, 9.17) is 16.6 Å². The molecule has 0 aliphatic carbocycles. The fraction of sp³-hybridized carbons (Fsp3) is 0.391. The molecule has 0 saturated heterocycles. The average molecular weight is 348 g/mol. The van der Waals surface area contributed by atoms with Crippen molar-refractivity contribution in [1.29, 1.82) is 0 Å². The van der Waals surface area contributed by atoms with E-state index in [1.54, 1.807) is 18.2 Å². The molecule has 3 heteroatoms. The zero-order chi connectivity index (χ0) is 19.3. The molecule has 0 amide bonds. The van der Waals surface area contributed by atoms with Gasteiger partial charge in [-0.2, -0.15) is 0 Å². The third kappa shape index (κ3) is 17.5. The van der Waals surface area contributed by atoms with E-state index in [2.05, 4.69) is 53.3 Å². The maximum atomic E-state index is 9.65. The molecule has 0 heterocycles. The van der Waals surface area contributed by atoms with Crippen LogP contribution in [0.2, 0.25) is 0 Å². The van der Waals surface area contributed by atoms with Crippen LogP contribution in [-0.2, 0) is 0 Å². The lowest BCUT2D eigenvalue weighted by Gasteiger charge is -2.03. The van der Waals surface area contributed by atoms with E-state index in [-0.39, 0.29) is 12.7 Å². The molecule has 0 radical (unpaired) electrons. The minimum absolute atomic E-state index is 0.382. The van der Waals surface area contributed by atoms with Crippen molar-refractivity contribution < 1.29 is 15.3 Å². The molecule has 3 N–H and O–H groups in total. The van der Waals surface area contributed by atoms with Crippen LogP contribution in [0.15, 0.2) is 24.3 Å². The Kier molecular flexibility index (Phi) is 16.5. The lowest BCUT2D eigenvalue weighted by atomic mass is 10.1. The average Bonchev–Trinajstić information content (AvgIpc) is 2.64. The molecule has 0 aromatic heterocycles. The largest absolute Gasteiger partial charge is 0.393 e. The lowest BCUT2D eigenvalue weighted by Crippen LogP contribution is -2.07. The van der Waals surface area contributed by atoms with Crippen molar-refractivity contribution in [1.82, 2.24) is 0 Å². The second-order valence-electron chi connectivity index (χ2n) is 5.13. The van der Waals surface area contributed by atoms with E-state index < -0.39 is 6.10 Å². The topological polar surface area (TPSA) is 60.7 Å². The summed E-state index contributed by atoms with van der Waals surface area (Å²) in [5.41, 5.74) is 0. The Hall–Kier alpha value is -2.84. The van der Waals surface area contributed by atoms with Crippen molar-refractivity contribution >= 4 is 0 Å². The monoisotopic (exact) mass is 348 g/mol. The molecule has 0 saturated carbocycles. The first kappa shape index (κ1) is 23.2. The van der Waals surface area contributed by atoms with Gasteiger partial charge >= 0.3 is 0 Å². The molecule has 0 fully saturated rings. The summed E-state index contributed by atoms with van der Waals surface area (Å²) in [6.45, 7) is -0.382. The molecule has 2 unspecified atom stereocenters. The van der Waals surface area contributed by atoms with Crippen LogP contribution in [0, 0.1) is 59.7 Å². The fourth-order valence-corrected chi connectivity index (χ4v) is 1.56. The molecule has 0 aromatic rings. The van der Waals surface area contributed by atoms with E-state index >= 15 is 0 Å². The van der Waals surface area contributed by atoms with Gasteiger partial charge in [-0.1, -0.05) is 41.8 Å². The van der Waals surface area contributed by atoms with Crippen LogP contribution < -0.4 is 0 Å². The van der Waals surface area contributed by atoms with Crippen LogP contribution in [-0.4, -0.2) is 34.1 Å². The van der Waals surface area contributed by atoms with Crippen molar-refractivity contribution in [2.75, 3.05) is 6.61 Å². The van der Waals surface area contributed by atoms with Gasteiger partial charge in [-0.05, 0) is 61.5 Å². The summed E-state index contributed by atoms with van der Waals surface area (Å²) in [4.78, 5) is 0. The normalized spacial score (nSPS) is 11.6. The molecule has 0 bridgehead atoms. The highest BCUT2D eigenvalue weighted by Gasteiger charge is 1.98. The number of aliphatic hydroxyl groups is 3. The number of hydrogen-bond acceptors (Lipinski definition) is 3. The quantitative estimate of drug-likeness (QED) is 0.463. The molecule has 0 spiro atoms. The van der Waals surface area contributed by atoms with Gasteiger partial charge in [0.25, 0.3) is 0 Å². The molecular weight excluding hydrogens is 324 g/mol. The summed E-state index contributed by atoms with van der Waals surface area (Å²) in [5, 5.41) is 27.2. The fourth-order valence-electron chi connectivity index (χ4n) is 1.56. The summed E-state index contributed by atoms with van der Waals surface area (Å²) < 4.78 is 0. The van der Waals surface area contributed by atoms with Gasteiger partial charge in [-0.3, -0.25) is 0 Å². The van der Waals surface area contributed by atoms with Gasteiger partial charge < -0.3 is 15.3 Å². The van der Waals surface area contributed by atoms with Gasteiger partial charge in [0.05, 0.1) is 12.7 Å². The number of unbranched alkanes of at least 4 members (excludes halogenated alkanes) is 2. The standard InChI is InChI=1S/C23H24O3/c1-2-3-15-18-22(25)19-16-13-11-9-7-5-4-6-8-10-12-14-17-20-23(26)21-24/h1,3,11,13,15,22-26H,6,8,10,16,18-19,21H2. The van der Waals surface area contributed by atoms with Crippen LogP contribution in [0.3, 0.4) is 0 Å². The molecule has 134 valence electrons. The van der Waals surface area contributed by atoms with Crippen molar-refractivity contribution in [2.24, 2.45) is 0 Å². The SMILES string of the molecule is C#CC=CCC(O)CCC=CC#CC#CCCCC#CC#CC(O)CO. The zero-order valence-electron chi connectivity index (χ0n) is 14.8. The Morgan fingerprint density at radius 3 is 2.35 bits per heavy atom. The van der Waals surface area contributed by atoms with E-state index in [0.717, 1.165) is 12.8 Å². The summed E-state index contributed by atoms with van der Waals surface area (Å²) in [6, 6.07) is 0.